The van der Waals surface area contributed by atoms with Gasteiger partial charge in [-0.25, -0.2) is 0 Å². The molecule has 2 aromatic heterocycles. The maximum absolute atomic E-state index is 6.19. The van der Waals surface area contributed by atoms with Crippen LogP contribution < -0.4 is 15.0 Å². The molecular formula is C27H28N6OS. The first-order valence-corrected chi connectivity index (χ1v) is 12.8. The van der Waals surface area contributed by atoms with Crippen molar-refractivity contribution in [2.24, 2.45) is 4.99 Å². The summed E-state index contributed by atoms with van der Waals surface area (Å²) < 4.78 is 6.19. The molecule has 0 spiro atoms. The van der Waals surface area contributed by atoms with Crippen molar-refractivity contribution in [1.29, 1.82) is 0 Å². The molecule has 0 saturated carbocycles. The summed E-state index contributed by atoms with van der Waals surface area (Å²) in [6, 6.07) is 12.7. The van der Waals surface area contributed by atoms with Crippen molar-refractivity contribution in [3.63, 3.8) is 0 Å². The standard InChI is InChI=1S/C27H28N6OS/c1-18-12-19-5-6-22(14-20(19)13-18)34-27-30-25(16-26(31-27)33-9-7-32(2)8-10-33)29-24-15-21(17-28-24)23-4-3-11-35-23/h3-6,11,13-16H,7-10,12,17H2,1-2H3,(H,28,29,30,31). The second kappa shape index (κ2) is 9.28. The monoisotopic (exact) mass is 484 g/mol. The lowest BCUT2D eigenvalue weighted by atomic mass is 10.1. The summed E-state index contributed by atoms with van der Waals surface area (Å²) in [6.07, 6.45) is 5.31. The van der Waals surface area contributed by atoms with Crippen molar-refractivity contribution >= 4 is 40.5 Å². The van der Waals surface area contributed by atoms with Crippen molar-refractivity contribution in [3.8, 4) is 11.8 Å². The van der Waals surface area contributed by atoms with Crippen LogP contribution in [0.1, 0.15) is 22.9 Å². The Bertz CT molecular complexity index is 1340. The van der Waals surface area contributed by atoms with Gasteiger partial charge < -0.3 is 19.9 Å². The van der Waals surface area contributed by atoms with E-state index < -0.39 is 0 Å². The lowest BCUT2D eigenvalue weighted by Crippen LogP contribution is -2.44. The Balaban J connectivity index is 1.28. The number of piperazine rings is 1. The molecule has 2 aliphatic heterocycles. The molecule has 0 radical (unpaired) electrons. The maximum Gasteiger partial charge on any atom is 0.325 e. The van der Waals surface area contributed by atoms with Gasteiger partial charge in [0.05, 0.1) is 6.54 Å². The van der Waals surface area contributed by atoms with Crippen LogP contribution in [0.5, 0.6) is 11.8 Å². The van der Waals surface area contributed by atoms with E-state index in [1.54, 1.807) is 11.3 Å². The maximum atomic E-state index is 6.19. The summed E-state index contributed by atoms with van der Waals surface area (Å²) >= 11 is 1.73. The zero-order valence-corrected chi connectivity index (χ0v) is 20.8. The zero-order valence-electron chi connectivity index (χ0n) is 20.0. The topological polar surface area (TPSA) is 65.9 Å². The van der Waals surface area contributed by atoms with E-state index in [1.165, 1.54) is 27.2 Å². The molecule has 4 heterocycles. The number of thiophene rings is 1. The number of aromatic nitrogens is 2. The van der Waals surface area contributed by atoms with Crippen LogP contribution in [0.25, 0.3) is 11.6 Å². The molecule has 6 rings (SSSR count). The smallest absolute Gasteiger partial charge is 0.325 e. The third-order valence-electron chi connectivity index (χ3n) is 6.54. The highest BCUT2D eigenvalue weighted by Gasteiger charge is 2.20. The largest absolute Gasteiger partial charge is 0.424 e. The van der Waals surface area contributed by atoms with E-state index in [0.29, 0.717) is 18.4 Å². The number of anilines is 2. The van der Waals surface area contributed by atoms with E-state index in [-0.39, 0.29) is 0 Å². The van der Waals surface area contributed by atoms with Gasteiger partial charge in [-0.15, -0.1) is 11.3 Å². The number of aliphatic imine (C=N–C) groups is 1. The molecule has 1 aliphatic carbocycles. The van der Waals surface area contributed by atoms with Crippen LogP contribution in [0.3, 0.4) is 0 Å². The first-order chi connectivity index (χ1) is 17.1. The Morgan fingerprint density at radius 1 is 1.03 bits per heavy atom. The highest BCUT2D eigenvalue weighted by atomic mass is 32.1. The highest BCUT2D eigenvalue weighted by Crippen LogP contribution is 2.31. The van der Waals surface area contributed by atoms with E-state index in [0.717, 1.165) is 50.0 Å². The van der Waals surface area contributed by atoms with Crippen molar-refractivity contribution in [2.75, 3.05) is 50.0 Å². The van der Waals surface area contributed by atoms with Gasteiger partial charge in [0.2, 0.25) is 0 Å². The number of hydrogen-bond acceptors (Lipinski definition) is 8. The van der Waals surface area contributed by atoms with E-state index >= 15 is 0 Å². The summed E-state index contributed by atoms with van der Waals surface area (Å²) in [5.74, 6) is 3.10. The molecule has 3 aliphatic rings. The van der Waals surface area contributed by atoms with Gasteiger partial charge in [0.15, 0.2) is 0 Å². The average Bonchev–Trinajstić information content (AvgIpc) is 3.59. The molecule has 1 aromatic carbocycles. The molecule has 0 bridgehead atoms. The quantitative estimate of drug-likeness (QED) is 0.553. The summed E-state index contributed by atoms with van der Waals surface area (Å²) in [4.78, 5) is 20.0. The number of likely N-dealkylation sites (N-methyl/N-ethyl adjacent to an activating group) is 1. The van der Waals surface area contributed by atoms with E-state index in [4.69, 9.17) is 14.7 Å². The van der Waals surface area contributed by atoms with Crippen LogP contribution in [0, 0.1) is 0 Å². The van der Waals surface area contributed by atoms with Crippen LogP contribution in [0.15, 0.2) is 58.4 Å². The van der Waals surface area contributed by atoms with E-state index in [9.17, 15) is 0 Å². The molecule has 0 amide bonds. The lowest BCUT2D eigenvalue weighted by molar-refractivity contribution is 0.311. The highest BCUT2D eigenvalue weighted by molar-refractivity contribution is 7.11. The molecule has 8 heteroatoms. The Labute approximate surface area is 209 Å². The van der Waals surface area contributed by atoms with E-state index in [1.807, 2.05) is 12.1 Å². The number of nitrogens with one attached hydrogen (secondary N) is 1. The van der Waals surface area contributed by atoms with E-state index in [2.05, 4.69) is 75.9 Å². The minimum atomic E-state index is 0.337. The fourth-order valence-corrected chi connectivity index (χ4v) is 5.35. The SMILES string of the molecule is CC1=Cc2cc(Oc3nc(NC4=NCC(c5cccs5)=C4)cc(N4CCN(C)CC4)n3)ccc2C1. The second-order valence-corrected chi connectivity index (χ2v) is 10.2. The van der Waals surface area contributed by atoms with Crippen molar-refractivity contribution in [3.05, 3.63) is 69.4 Å². The average molecular weight is 485 g/mol. The van der Waals surface area contributed by atoms with Crippen LogP contribution >= 0.6 is 11.3 Å². The Hall–Kier alpha value is -3.49. The minimum absolute atomic E-state index is 0.337. The second-order valence-electron chi connectivity index (χ2n) is 9.29. The van der Waals surface area contributed by atoms with Crippen LogP contribution in [0.2, 0.25) is 0 Å². The number of ether oxygens (including phenoxy) is 1. The first-order valence-electron chi connectivity index (χ1n) is 12.0. The van der Waals surface area contributed by atoms with Gasteiger partial charge in [-0.3, -0.25) is 4.99 Å². The zero-order chi connectivity index (χ0) is 23.8. The summed E-state index contributed by atoms with van der Waals surface area (Å²) in [6.45, 7) is 6.66. The number of nitrogens with zero attached hydrogens (tertiary/aromatic N) is 5. The molecule has 3 aromatic rings. The number of benzene rings is 1. The van der Waals surface area contributed by atoms with Crippen LogP contribution in [-0.4, -0.2) is 60.5 Å². The Morgan fingerprint density at radius 2 is 1.91 bits per heavy atom. The van der Waals surface area contributed by atoms with Gasteiger partial charge in [-0.1, -0.05) is 23.8 Å². The molecule has 0 unspecified atom stereocenters. The molecule has 35 heavy (non-hydrogen) atoms. The van der Waals surface area contributed by atoms with Gasteiger partial charge >= 0.3 is 6.01 Å². The summed E-state index contributed by atoms with van der Waals surface area (Å²) in [7, 11) is 2.15. The fourth-order valence-electron chi connectivity index (χ4n) is 4.62. The van der Waals surface area contributed by atoms with Gasteiger partial charge in [0.1, 0.15) is 23.2 Å². The van der Waals surface area contributed by atoms with Crippen molar-refractivity contribution in [1.82, 2.24) is 14.9 Å². The molecule has 178 valence electrons. The number of fused-ring (bicyclic) bond motifs is 1. The number of hydrogen-bond donors (Lipinski definition) is 1. The number of allylic oxidation sites excluding steroid dienone is 1. The van der Waals surface area contributed by atoms with Gasteiger partial charge in [0.25, 0.3) is 0 Å². The predicted octanol–water partition coefficient (Wildman–Crippen LogP) is 4.95. The van der Waals surface area contributed by atoms with Crippen LogP contribution in [0.4, 0.5) is 11.6 Å². The number of rotatable bonds is 5. The normalized spacial score (nSPS) is 17.7. The predicted molar refractivity (Wildman–Crippen MR) is 144 cm³/mol. The molecule has 0 atom stereocenters. The van der Waals surface area contributed by atoms with Crippen LogP contribution in [-0.2, 0) is 6.42 Å². The molecule has 1 fully saturated rings. The third kappa shape index (κ3) is 4.85. The van der Waals surface area contributed by atoms with Crippen molar-refractivity contribution in [2.45, 2.75) is 13.3 Å². The summed E-state index contributed by atoms with van der Waals surface area (Å²) in [5.41, 5.74) is 5.12. The van der Waals surface area contributed by atoms with Gasteiger partial charge in [-0.2, -0.15) is 9.97 Å². The minimum Gasteiger partial charge on any atom is -0.424 e. The lowest BCUT2D eigenvalue weighted by Gasteiger charge is -2.33. The molecule has 7 nitrogen and oxygen atoms in total. The van der Waals surface area contributed by atoms with Crippen molar-refractivity contribution < 1.29 is 4.74 Å². The fraction of sp³-hybridized carbons (Fsp3) is 0.296. The Kier molecular flexibility index (Phi) is 5.83. The van der Waals surface area contributed by atoms with Gasteiger partial charge in [-0.05, 0) is 66.7 Å². The third-order valence-corrected chi connectivity index (χ3v) is 7.49. The first kappa shape index (κ1) is 22.0. The molecule has 1 N–H and O–H groups in total. The van der Waals surface area contributed by atoms with Gasteiger partial charge in [0, 0.05) is 37.1 Å². The molecular weight excluding hydrogens is 456 g/mol. The Morgan fingerprint density at radius 3 is 2.74 bits per heavy atom. The molecule has 1 saturated heterocycles. The number of amidine groups is 1. The summed E-state index contributed by atoms with van der Waals surface area (Å²) in [5, 5.41) is 5.49.